The number of pyridine rings is 1. The molecular weight excluding hydrogens is 560 g/mol. The van der Waals surface area contributed by atoms with Gasteiger partial charge in [0.15, 0.2) is 0 Å². The minimum Gasteiger partial charge on any atom is -0.481 e. The Hall–Kier alpha value is -4.15. The predicted molar refractivity (Wildman–Crippen MR) is 142 cm³/mol. The van der Waals surface area contributed by atoms with Crippen LogP contribution in [0, 0.1) is 0 Å². The lowest BCUT2D eigenvalue weighted by Gasteiger charge is -2.36. The van der Waals surface area contributed by atoms with E-state index in [9.17, 15) is 44.1 Å². The van der Waals surface area contributed by atoms with Gasteiger partial charge >= 0.3 is 35.8 Å². The minimum absolute atomic E-state index is 0.0491. The normalized spacial score (nSPS) is 17.6. The Balaban J connectivity index is 2.55. The second-order valence-electron chi connectivity index (χ2n) is 9.96. The van der Waals surface area contributed by atoms with Gasteiger partial charge in [-0.3, -0.25) is 48.5 Å². The second-order valence-corrected chi connectivity index (χ2v) is 9.96. The number of fused-ring (bicyclic) bond motifs is 2. The van der Waals surface area contributed by atoms with Crippen LogP contribution >= 0.6 is 0 Å². The summed E-state index contributed by atoms with van der Waals surface area (Å²) in [5.74, 6) is -7.47. The smallest absolute Gasteiger partial charge is 0.320 e. The number of carbonyl (C=O) groups is 6. The molecule has 0 aromatic carbocycles. The molecule has 0 amide bonds. The van der Waals surface area contributed by atoms with Crippen LogP contribution in [0.4, 0.5) is 0 Å². The first-order chi connectivity index (χ1) is 19.8. The van der Waals surface area contributed by atoms with Gasteiger partial charge in [0.05, 0.1) is 11.4 Å². The summed E-state index contributed by atoms with van der Waals surface area (Å²) in [4.78, 5) is 79.1. The molecule has 0 aliphatic carbocycles. The van der Waals surface area contributed by atoms with Crippen LogP contribution in [-0.4, -0.2) is 130 Å². The Bertz CT molecular complexity index is 1080. The summed E-state index contributed by atoms with van der Waals surface area (Å²) < 4.78 is 0. The third-order valence-corrected chi connectivity index (χ3v) is 7.02. The molecule has 16 nitrogen and oxygen atoms in total. The quantitative estimate of drug-likeness (QED) is 0.155. The number of hydrogen-bond acceptors (Lipinski definition) is 10. The van der Waals surface area contributed by atoms with Gasteiger partial charge in [-0.05, 0) is 31.4 Å². The number of carboxylic acid groups (broad SMARTS) is 6. The van der Waals surface area contributed by atoms with Gasteiger partial charge in [-0.15, -0.1) is 0 Å². The molecule has 0 fully saturated rings. The van der Waals surface area contributed by atoms with E-state index >= 15 is 0 Å². The Morgan fingerprint density at radius 1 is 0.571 bits per heavy atom. The Kier molecular flexibility index (Phi) is 13.2. The average molecular weight is 597 g/mol. The second kappa shape index (κ2) is 16.3. The van der Waals surface area contributed by atoms with E-state index in [1.54, 1.807) is 18.2 Å². The lowest BCUT2D eigenvalue weighted by Crippen LogP contribution is -2.52. The van der Waals surface area contributed by atoms with Gasteiger partial charge in [0.2, 0.25) is 0 Å². The van der Waals surface area contributed by atoms with Crippen LogP contribution in [0.1, 0.15) is 49.9 Å². The molecule has 42 heavy (non-hydrogen) atoms. The maximum Gasteiger partial charge on any atom is 0.320 e. The predicted octanol–water partition coefficient (Wildman–Crippen LogP) is -0.0448. The summed E-state index contributed by atoms with van der Waals surface area (Å²) in [6.45, 7) is -0.359. The molecule has 0 spiro atoms. The Labute approximate surface area is 240 Å². The van der Waals surface area contributed by atoms with Crippen molar-refractivity contribution in [3.8, 4) is 0 Å². The molecule has 1 aromatic rings. The van der Waals surface area contributed by atoms with E-state index in [-0.39, 0.29) is 58.5 Å². The topological polar surface area (TPSA) is 246 Å². The Morgan fingerprint density at radius 3 is 1.19 bits per heavy atom. The summed E-state index contributed by atoms with van der Waals surface area (Å²) in [5, 5.41) is 57.2. The molecule has 1 aliphatic rings. The zero-order valence-electron chi connectivity index (χ0n) is 22.9. The summed E-state index contributed by atoms with van der Waals surface area (Å²) in [6.07, 6.45) is -2.07. The first-order valence-corrected chi connectivity index (χ1v) is 13.3. The molecule has 2 heterocycles. The summed E-state index contributed by atoms with van der Waals surface area (Å²) in [5.41, 5.74) is 0.804. The molecule has 232 valence electrons. The third kappa shape index (κ3) is 11.0. The van der Waals surface area contributed by atoms with E-state index in [2.05, 4.69) is 4.98 Å². The van der Waals surface area contributed by atoms with Gasteiger partial charge in [-0.2, -0.15) is 0 Å². The first-order valence-electron chi connectivity index (χ1n) is 13.3. The van der Waals surface area contributed by atoms with E-state index < -0.39 is 73.2 Å². The third-order valence-electron chi connectivity index (χ3n) is 7.02. The molecule has 2 rings (SSSR count). The molecule has 1 aliphatic heterocycles. The number of carboxylic acids is 6. The number of aliphatic carboxylic acids is 6. The highest BCUT2D eigenvalue weighted by Crippen LogP contribution is 2.19. The summed E-state index contributed by atoms with van der Waals surface area (Å²) >= 11 is 0. The number of rotatable bonds is 15. The zero-order valence-corrected chi connectivity index (χ0v) is 22.9. The van der Waals surface area contributed by atoms with E-state index in [0.717, 1.165) is 0 Å². The maximum atomic E-state index is 12.2. The highest BCUT2D eigenvalue weighted by Gasteiger charge is 2.33. The number of nitrogens with zero attached hydrogens (tertiary/aromatic N) is 4. The van der Waals surface area contributed by atoms with Crippen molar-refractivity contribution in [2.24, 2.45) is 0 Å². The fourth-order valence-corrected chi connectivity index (χ4v) is 4.92. The van der Waals surface area contributed by atoms with Crippen LogP contribution in [-0.2, 0) is 41.9 Å². The largest absolute Gasteiger partial charge is 0.481 e. The van der Waals surface area contributed by atoms with Crippen molar-refractivity contribution in [2.75, 3.05) is 26.2 Å². The fourth-order valence-electron chi connectivity index (χ4n) is 4.92. The maximum absolute atomic E-state index is 12.2. The van der Waals surface area contributed by atoms with Gasteiger partial charge in [0.1, 0.15) is 18.1 Å². The molecule has 0 saturated carbocycles. The van der Waals surface area contributed by atoms with Crippen molar-refractivity contribution in [1.29, 1.82) is 0 Å². The Morgan fingerprint density at radius 2 is 0.881 bits per heavy atom. The molecule has 3 atom stereocenters. The van der Waals surface area contributed by atoms with Crippen molar-refractivity contribution >= 4 is 35.8 Å². The van der Waals surface area contributed by atoms with Gasteiger partial charge in [0.25, 0.3) is 0 Å². The summed E-state index contributed by atoms with van der Waals surface area (Å²) in [6, 6.07) is 1.08. The van der Waals surface area contributed by atoms with Crippen LogP contribution in [0.5, 0.6) is 0 Å². The van der Waals surface area contributed by atoms with Gasteiger partial charge in [0, 0.05) is 58.5 Å². The molecular formula is C26H36N4O12. The van der Waals surface area contributed by atoms with Crippen LogP contribution in [0.2, 0.25) is 0 Å². The fraction of sp³-hybridized carbons (Fsp3) is 0.577. The van der Waals surface area contributed by atoms with Crippen molar-refractivity contribution in [3.05, 3.63) is 29.6 Å². The summed E-state index contributed by atoms with van der Waals surface area (Å²) in [7, 11) is 0. The van der Waals surface area contributed by atoms with Gasteiger partial charge in [-0.25, -0.2) is 0 Å². The van der Waals surface area contributed by atoms with Crippen LogP contribution < -0.4 is 0 Å². The molecule has 0 saturated heterocycles. The van der Waals surface area contributed by atoms with Crippen molar-refractivity contribution < 1.29 is 59.4 Å². The van der Waals surface area contributed by atoms with Crippen LogP contribution in [0.25, 0.3) is 0 Å². The van der Waals surface area contributed by atoms with E-state index in [1.807, 2.05) is 0 Å². The molecule has 1 aromatic heterocycles. The van der Waals surface area contributed by atoms with E-state index in [1.165, 1.54) is 14.7 Å². The van der Waals surface area contributed by atoms with Crippen LogP contribution in [0.3, 0.4) is 0 Å². The lowest BCUT2D eigenvalue weighted by molar-refractivity contribution is -0.148. The van der Waals surface area contributed by atoms with E-state index in [4.69, 9.17) is 15.3 Å². The monoisotopic (exact) mass is 596 g/mol. The molecule has 0 radical (unpaired) electrons. The first kappa shape index (κ1) is 34.1. The average Bonchev–Trinajstić information content (AvgIpc) is 2.87. The standard InChI is InChI=1S/C26H36N4O12/c31-21(32)7-4-18(24(37)38)28-10-12-29(19(25(39)40)5-8-22(33)34)14-16-2-1-3-17(27-16)15-30(13-11-28)20(26(41)42)6-9-23(35)36/h1-3,18-20H,4-15H2,(H,31,32)(H,33,34)(H,35,36)(H,37,38)(H,39,40)(H,41,42)/t18-,19-,20-/m0/s1. The van der Waals surface area contributed by atoms with Crippen molar-refractivity contribution in [2.45, 2.75) is 69.7 Å². The van der Waals surface area contributed by atoms with Crippen molar-refractivity contribution in [1.82, 2.24) is 19.7 Å². The molecule has 16 heteroatoms. The highest BCUT2D eigenvalue weighted by molar-refractivity contribution is 5.76. The van der Waals surface area contributed by atoms with Crippen LogP contribution in [0.15, 0.2) is 18.2 Å². The number of aromatic nitrogens is 1. The van der Waals surface area contributed by atoms with Gasteiger partial charge in [-0.1, -0.05) is 6.07 Å². The molecule has 6 N–H and O–H groups in total. The van der Waals surface area contributed by atoms with E-state index in [0.29, 0.717) is 11.4 Å². The lowest BCUT2D eigenvalue weighted by atomic mass is 10.1. The highest BCUT2D eigenvalue weighted by atomic mass is 16.4. The molecule has 0 unspecified atom stereocenters. The minimum atomic E-state index is -1.32. The number of hydrogen-bond donors (Lipinski definition) is 6. The SMILES string of the molecule is O=C(O)CC[C@@H](C(=O)O)N1CCN([C@@H](CCC(=O)O)C(=O)O)Cc2cccc(n2)CN([C@@H](CCC(=O)O)C(=O)O)CC1. The van der Waals surface area contributed by atoms with Crippen molar-refractivity contribution in [3.63, 3.8) is 0 Å². The van der Waals surface area contributed by atoms with Gasteiger partial charge < -0.3 is 30.6 Å². The zero-order chi connectivity index (χ0) is 31.4. The molecule has 2 bridgehead atoms.